The summed E-state index contributed by atoms with van der Waals surface area (Å²) in [5.74, 6) is -1.51. The topological polar surface area (TPSA) is 92.4 Å². The SMILES string of the molecule is CCC(CC(=O)O)Nc1ccc(Cl)cc1C(N)=O. The average Bonchev–Trinajstić information content (AvgIpc) is 2.29. The highest BCUT2D eigenvalue weighted by Crippen LogP contribution is 2.22. The van der Waals surface area contributed by atoms with Crippen LogP contribution in [-0.2, 0) is 4.79 Å². The van der Waals surface area contributed by atoms with E-state index in [2.05, 4.69) is 5.32 Å². The molecule has 0 saturated heterocycles. The summed E-state index contributed by atoms with van der Waals surface area (Å²) in [7, 11) is 0. The highest BCUT2D eigenvalue weighted by Gasteiger charge is 2.15. The molecule has 0 fully saturated rings. The lowest BCUT2D eigenvalue weighted by Gasteiger charge is -2.18. The molecule has 0 spiro atoms. The van der Waals surface area contributed by atoms with E-state index in [1.165, 1.54) is 6.07 Å². The molecule has 5 nitrogen and oxygen atoms in total. The molecule has 0 saturated carbocycles. The molecule has 1 rings (SSSR count). The third-order valence-electron chi connectivity index (χ3n) is 2.52. The van der Waals surface area contributed by atoms with Gasteiger partial charge in [0.2, 0.25) is 0 Å². The van der Waals surface area contributed by atoms with Crippen molar-refractivity contribution in [3.8, 4) is 0 Å². The van der Waals surface area contributed by atoms with Crippen LogP contribution in [0.2, 0.25) is 5.02 Å². The third kappa shape index (κ3) is 3.92. The van der Waals surface area contributed by atoms with Crippen LogP contribution in [-0.4, -0.2) is 23.0 Å². The maximum Gasteiger partial charge on any atom is 0.305 e. The minimum Gasteiger partial charge on any atom is -0.481 e. The summed E-state index contributed by atoms with van der Waals surface area (Å²) in [6.07, 6.45) is 0.588. The van der Waals surface area contributed by atoms with Crippen molar-refractivity contribution in [3.63, 3.8) is 0 Å². The number of carboxylic acids is 1. The zero-order valence-electron chi connectivity index (χ0n) is 9.94. The maximum atomic E-state index is 11.3. The van der Waals surface area contributed by atoms with E-state index in [1.807, 2.05) is 6.92 Å². The second kappa shape index (κ2) is 6.26. The van der Waals surface area contributed by atoms with Gasteiger partial charge in [-0.2, -0.15) is 0 Å². The average molecular weight is 271 g/mol. The van der Waals surface area contributed by atoms with Gasteiger partial charge in [0.25, 0.3) is 5.91 Å². The van der Waals surface area contributed by atoms with Crippen molar-refractivity contribution in [1.82, 2.24) is 0 Å². The number of halogens is 1. The second-order valence-corrected chi connectivity index (χ2v) is 4.34. The lowest BCUT2D eigenvalue weighted by atomic mass is 10.1. The van der Waals surface area contributed by atoms with Crippen molar-refractivity contribution in [2.24, 2.45) is 5.73 Å². The molecular formula is C12H15ClN2O3. The van der Waals surface area contributed by atoms with E-state index in [-0.39, 0.29) is 18.0 Å². The first-order chi connectivity index (χ1) is 8.43. The number of nitrogens with one attached hydrogen (secondary N) is 1. The lowest BCUT2D eigenvalue weighted by molar-refractivity contribution is -0.137. The van der Waals surface area contributed by atoms with E-state index >= 15 is 0 Å². The predicted octanol–water partition coefficient (Wildman–Crippen LogP) is 2.10. The Morgan fingerprint density at radius 3 is 2.67 bits per heavy atom. The molecule has 0 heterocycles. The Hall–Kier alpha value is -1.75. The maximum absolute atomic E-state index is 11.3. The van der Waals surface area contributed by atoms with Crippen LogP contribution < -0.4 is 11.1 Å². The molecular weight excluding hydrogens is 256 g/mol. The number of carbonyl (C=O) groups is 2. The van der Waals surface area contributed by atoms with Gasteiger partial charge in [-0.15, -0.1) is 0 Å². The summed E-state index contributed by atoms with van der Waals surface area (Å²) in [5.41, 5.74) is 6.00. The van der Waals surface area contributed by atoms with Crippen LogP contribution in [0.25, 0.3) is 0 Å². The number of benzene rings is 1. The zero-order chi connectivity index (χ0) is 13.7. The van der Waals surface area contributed by atoms with Crippen LogP contribution in [0.3, 0.4) is 0 Å². The van der Waals surface area contributed by atoms with Gasteiger partial charge in [-0.25, -0.2) is 0 Å². The minimum atomic E-state index is -0.899. The molecule has 0 bridgehead atoms. The number of rotatable bonds is 6. The van der Waals surface area contributed by atoms with Gasteiger partial charge >= 0.3 is 5.97 Å². The summed E-state index contributed by atoms with van der Waals surface area (Å²) >= 11 is 5.79. The van der Waals surface area contributed by atoms with Crippen LogP contribution in [0.15, 0.2) is 18.2 Å². The molecule has 1 unspecified atom stereocenters. The van der Waals surface area contributed by atoms with Gasteiger partial charge in [-0.3, -0.25) is 9.59 Å². The molecule has 0 aliphatic heterocycles. The van der Waals surface area contributed by atoms with Crippen molar-refractivity contribution in [1.29, 1.82) is 0 Å². The quantitative estimate of drug-likeness (QED) is 0.738. The number of primary amides is 1. The largest absolute Gasteiger partial charge is 0.481 e. The summed E-state index contributed by atoms with van der Waals surface area (Å²) in [6, 6.07) is 4.43. The lowest BCUT2D eigenvalue weighted by Crippen LogP contribution is -2.24. The molecule has 6 heteroatoms. The minimum absolute atomic E-state index is 0.0304. The fourth-order valence-corrected chi connectivity index (χ4v) is 1.75. The number of anilines is 1. The molecule has 98 valence electrons. The second-order valence-electron chi connectivity index (χ2n) is 3.90. The molecule has 1 amide bonds. The van der Waals surface area contributed by atoms with E-state index in [0.29, 0.717) is 17.1 Å². The van der Waals surface area contributed by atoms with Gasteiger partial charge in [0.1, 0.15) is 0 Å². The van der Waals surface area contributed by atoms with Gasteiger partial charge in [-0.05, 0) is 24.6 Å². The van der Waals surface area contributed by atoms with Crippen molar-refractivity contribution in [3.05, 3.63) is 28.8 Å². The molecule has 1 aromatic carbocycles. The molecule has 0 radical (unpaired) electrons. The Morgan fingerprint density at radius 2 is 2.17 bits per heavy atom. The summed E-state index contributed by atoms with van der Waals surface area (Å²) in [6.45, 7) is 1.86. The van der Waals surface area contributed by atoms with Crippen LogP contribution in [0.5, 0.6) is 0 Å². The van der Waals surface area contributed by atoms with E-state index in [1.54, 1.807) is 12.1 Å². The number of amides is 1. The fourth-order valence-electron chi connectivity index (χ4n) is 1.57. The molecule has 0 aromatic heterocycles. The van der Waals surface area contributed by atoms with E-state index in [9.17, 15) is 9.59 Å². The molecule has 18 heavy (non-hydrogen) atoms. The monoisotopic (exact) mass is 270 g/mol. The number of aliphatic carboxylic acids is 1. The van der Waals surface area contributed by atoms with Gasteiger partial charge in [-0.1, -0.05) is 18.5 Å². The van der Waals surface area contributed by atoms with Crippen LogP contribution >= 0.6 is 11.6 Å². The normalized spacial score (nSPS) is 11.9. The molecule has 4 N–H and O–H groups in total. The summed E-state index contributed by atoms with van der Waals surface area (Å²) in [4.78, 5) is 22.0. The predicted molar refractivity (Wildman–Crippen MR) is 69.9 cm³/mol. The van der Waals surface area contributed by atoms with Crippen molar-refractivity contribution in [2.45, 2.75) is 25.8 Å². The van der Waals surface area contributed by atoms with E-state index < -0.39 is 11.9 Å². The first-order valence-electron chi connectivity index (χ1n) is 5.51. The number of hydrogen-bond donors (Lipinski definition) is 3. The summed E-state index contributed by atoms with van der Waals surface area (Å²) < 4.78 is 0. The van der Waals surface area contributed by atoms with Crippen molar-refractivity contribution >= 4 is 29.2 Å². The first kappa shape index (κ1) is 14.3. The summed E-state index contributed by atoms with van der Waals surface area (Å²) in [5, 5.41) is 12.2. The van der Waals surface area contributed by atoms with Crippen LogP contribution in [0.1, 0.15) is 30.1 Å². The Labute approximate surface area is 110 Å². The van der Waals surface area contributed by atoms with Gasteiger partial charge < -0.3 is 16.2 Å². The smallest absolute Gasteiger partial charge is 0.305 e. The Morgan fingerprint density at radius 1 is 1.50 bits per heavy atom. The van der Waals surface area contributed by atoms with Crippen LogP contribution in [0.4, 0.5) is 5.69 Å². The van der Waals surface area contributed by atoms with E-state index in [0.717, 1.165) is 0 Å². The molecule has 0 aliphatic carbocycles. The molecule has 0 aliphatic rings. The number of nitrogens with two attached hydrogens (primary N) is 1. The zero-order valence-corrected chi connectivity index (χ0v) is 10.7. The molecule has 1 atom stereocenters. The first-order valence-corrected chi connectivity index (χ1v) is 5.89. The standard InChI is InChI=1S/C12H15ClN2O3/c1-2-8(6-11(16)17)15-10-4-3-7(13)5-9(10)12(14)18/h3-5,8,15H,2,6H2,1H3,(H2,14,18)(H,16,17). The highest BCUT2D eigenvalue weighted by atomic mass is 35.5. The highest BCUT2D eigenvalue weighted by molar-refractivity contribution is 6.31. The Balaban J connectivity index is 2.95. The third-order valence-corrected chi connectivity index (χ3v) is 2.76. The van der Waals surface area contributed by atoms with Gasteiger partial charge in [0, 0.05) is 16.8 Å². The van der Waals surface area contributed by atoms with Crippen LogP contribution in [0, 0.1) is 0 Å². The number of carbonyl (C=O) groups excluding carboxylic acids is 1. The number of carboxylic acid groups (broad SMARTS) is 1. The Kier molecular flexibility index (Phi) is 4.97. The molecule has 1 aromatic rings. The fraction of sp³-hybridized carbons (Fsp3) is 0.333. The van der Waals surface area contributed by atoms with Crippen molar-refractivity contribution in [2.75, 3.05) is 5.32 Å². The van der Waals surface area contributed by atoms with Gasteiger partial charge in [0.15, 0.2) is 0 Å². The van der Waals surface area contributed by atoms with E-state index in [4.69, 9.17) is 22.4 Å². The Bertz CT molecular complexity index is 463. The number of hydrogen-bond acceptors (Lipinski definition) is 3. The van der Waals surface area contributed by atoms with Crippen molar-refractivity contribution < 1.29 is 14.7 Å². The van der Waals surface area contributed by atoms with Gasteiger partial charge in [0.05, 0.1) is 12.0 Å².